The summed E-state index contributed by atoms with van der Waals surface area (Å²) >= 11 is 0. The van der Waals surface area contributed by atoms with Crippen molar-refractivity contribution in [1.29, 1.82) is 0 Å². The highest BCUT2D eigenvalue weighted by molar-refractivity contribution is 7.89. The number of nitrogens with zero attached hydrogens (tertiary/aromatic N) is 3. The maximum absolute atomic E-state index is 15.1. The molecule has 0 fully saturated rings. The zero-order valence-electron chi connectivity index (χ0n) is 19.6. The number of carbonyl (C=O) groups is 1. The fourth-order valence-corrected chi connectivity index (χ4v) is 5.12. The minimum Gasteiger partial charge on any atom is -0.368 e. The first-order valence-corrected chi connectivity index (χ1v) is 11.8. The molecule has 36 heavy (non-hydrogen) atoms. The van der Waals surface area contributed by atoms with E-state index in [1.54, 1.807) is 6.92 Å². The zero-order chi connectivity index (χ0) is 27.1. The SMILES string of the molecule is Cc1nc(N)ncc1-c1ccc(-c2ccccc2S(=O)(=O)N(OC(=O)C(F)(F)F)C(C)(C)C)cc1F. The van der Waals surface area contributed by atoms with Crippen LogP contribution < -0.4 is 5.73 Å². The van der Waals surface area contributed by atoms with Gasteiger partial charge in [0.1, 0.15) is 5.82 Å². The van der Waals surface area contributed by atoms with Crippen LogP contribution in [0.5, 0.6) is 0 Å². The quantitative estimate of drug-likeness (QED) is 0.380. The summed E-state index contributed by atoms with van der Waals surface area (Å²) in [4.78, 5) is 23.2. The predicted molar refractivity (Wildman–Crippen MR) is 123 cm³/mol. The van der Waals surface area contributed by atoms with Crippen molar-refractivity contribution in [1.82, 2.24) is 14.4 Å². The Hall–Kier alpha value is -3.58. The van der Waals surface area contributed by atoms with Crippen molar-refractivity contribution in [3.8, 4) is 22.3 Å². The van der Waals surface area contributed by atoms with Gasteiger partial charge in [0, 0.05) is 22.9 Å². The van der Waals surface area contributed by atoms with Crippen LogP contribution in [-0.2, 0) is 19.7 Å². The van der Waals surface area contributed by atoms with E-state index in [0.29, 0.717) is 11.3 Å². The second-order valence-corrected chi connectivity index (χ2v) is 10.4. The number of hydroxylamine groups is 1. The molecule has 0 spiro atoms. The molecule has 13 heteroatoms. The average Bonchev–Trinajstić information content (AvgIpc) is 2.76. The largest absolute Gasteiger partial charge is 0.492 e. The topological polar surface area (TPSA) is 115 Å². The van der Waals surface area contributed by atoms with Gasteiger partial charge in [-0.3, -0.25) is 0 Å². The Morgan fingerprint density at radius 1 is 1.03 bits per heavy atom. The van der Waals surface area contributed by atoms with Crippen molar-refractivity contribution in [2.45, 2.75) is 44.3 Å². The number of hydrogen-bond donors (Lipinski definition) is 1. The first-order chi connectivity index (χ1) is 16.5. The van der Waals surface area contributed by atoms with Gasteiger partial charge in [-0.1, -0.05) is 30.3 Å². The summed E-state index contributed by atoms with van der Waals surface area (Å²) in [6, 6.07) is 9.18. The molecule has 8 nitrogen and oxygen atoms in total. The molecule has 0 amide bonds. The van der Waals surface area contributed by atoms with E-state index < -0.39 is 38.4 Å². The van der Waals surface area contributed by atoms with E-state index >= 15 is 4.39 Å². The molecule has 2 N–H and O–H groups in total. The maximum atomic E-state index is 15.1. The molecular formula is C23H22F4N4O4S. The molecule has 0 bridgehead atoms. The lowest BCUT2D eigenvalue weighted by molar-refractivity contribution is -0.231. The number of aromatic nitrogens is 2. The fraction of sp³-hybridized carbons (Fsp3) is 0.261. The molecule has 0 saturated carbocycles. The highest BCUT2D eigenvalue weighted by Crippen LogP contribution is 2.35. The summed E-state index contributed by atoms with van der Waals surface area (Å²) in [6.07, 6.45) is -4.08. The lowest BCUT2D eigenvalue weighted by Crippen LogP contribution is -2.48. The Balaban J connectivity index is 2.12. The monoisotopic (exact) mass is 526 g/mol. The van der Waals surface area contributed by atoms with Crippen molar-refractivity contribution in [2.24, 2.45) is 0 Å². The van der Waals surface area contributed by atoms with Gasteiger partial charge >= 0.3 is 12.1 Å². The van der Waals surface area contributed by atoms with Crippen LogP contribution in [0, 0.1) is 12.7 Å². The van der Waals surface area contributed by atoms with E-state index in [2.05, 4.69) is 14.8 Å². The summed E-state index contributed by atoms with van der Waals surface area (Å²) in [6.45, 7) is 5.37. The summed E-state index contributed by atoms with van der Waals surface area (Å²) in [7, 11) is -4.85. The molecule has 3 aromatic rings. The minimum atomic E-state index is -5.43. The standard InChI is InChI=1S/C23H22F4N4O4S/c1-13-17(12-29-21(28)30-13)16-10-9-14(11-18(16)24)15-7-5-6-8-19(15)36(33,34)31(22(2,3)4)35-20(32)23(25,26)27/h5-12H,1-4H3,(H2,28,29,30). The van der Waals surface area contributed by atoms with Crippen LogP contribution in [0.1, 0.15) is 26.5 Å². The third-order valence-corrected chi connectivity index (χ3v) is 6.87. The lowest BCUT2D eigenvalue weighted by atomic mass is 9.99. The molecule has 0 aliphatic heterocycles. The zero-order valence-corrected chi connectivity index (χ0v) is 20.4. The highest BCUT2D eigenvalue weighted by Gasteiger charge is 2.47. The van der Waals surface area contributed by atoms with Crippen molar-refractivity contribution < 1.29 is 35.6 Å². The molecular weight excluding hydrogens is 504 g/mol. The molecule has 2 aromatic carbocycles. The van der Waals surface area contributed by atoms with Gasteiger partial charge in [-0.25, -0.2) is 27.6 Å². The number of carbonyl (C=O) groups excluding carboxylic acids is 1. The first-order valence-electron chi connectivity index (χ1n) is 10.4. The molecule has 0 atom stereocenters. The number of benzene rings is 2. The van der Waals surface area contributed by atoms with E-state index in [4.69, 9.17) is 5.73 Å². The Kier molecular flexibility index (Phi) is 7.10. The Bertz CT molecular complexity index is 1420. The number of sulfonamides is 1. The van der Waals surface area contributed by atoms with E-state index in [0.717, 1.165) is 12.1 Å². The van der Waals surface area contributed by atoms with E-state index in [-0.39, 0.29) is 27.1 Å². The van der Waals surface area contributed by atoms with Gasteiger partial charge in [-0.05, 0) is 49.9 Å². The summed E-state index contributed by atoms with van der Waals surface area (Å²) in [5, 5.41) is 0. The van der Waals surface area contributed by atoms with Gasteiger partial charge in [0.15, 0.2) is 0 Å². The second kappa shape index (κ2) is 9.47. The first kappa shape index (κ1) is 27.0. The van der Waals surface area contributed by atoms with Crippen LogP contribution in [0.25, 0.3) is 22.3 Å². The second-order valence-electron chi connectivity index (χ2n) is 8.70. The van der Waals surface area contributed by atoms with E-state index in [9.17, 15) is 26.4 Å². The number of anilines is 1. The summed E-state index contributed by atoms with van der Waals surface area (Å²) in [5.41, 5.74) is 4.96. The van der Waals surface area contributed by atoms with Gasteiger partial charge in [-0.2, -0.15) is 13.2 Å². The number of nitrogens with two attached hydrogens (primary N) is 1. The van der Waals surface area contributed by atoms with E-state index in [1.807, 2.05) is 0 Å². The molecule has 0 radical (unpaired) electrons. The maximum Gasteiger partial charge on any atom is 0.492 e. The number of rotatable bonds is 5. The Morgan fingerprint density at radius 3 is 2.22 bits per heavy atom. The molecule has 0 saturated heterocycles. The van der Waals surface area contributed by atoms with Crippen LogP contribution >= 0.6 is 0 Å². The average molecular weight is 527 g/mol. The third-order valence-electron chi connectivity index (χ3n) is 4.90. The Labute approximate surface area is 204 Å². The molecule has 0 aliphatic rings. The number of nitrogen functional groups attached to an aromatic ring is 1. The van der Waals surface area contributed by atoms with Crippen LogP contribution in [-0.4, -0.2) is 40.5 Å². The molecule has 0 unspecified atom stereocenters. The highest BCUT2D eigenvalue weighted by atomic mass is 32.2. The summed E-state index contributed by atoms with van der Waals surface area (Å²) in [5.74, 6) is -3.41. The van der Waals surface area contributed by atoms with Gasteiger partial charge in [-0.15, -0.1) is 0 Å². The van der Waals surface area contributed by atoms with Crippen LogP contribution in [0.3, 0.4) is 0 Å². The van der Waals surface area contributed by atoms with E-state index in [1.165, 1.54) is 57.3 Å². The molecule has 1 aromatic heterocycles. The van der Waals surface area contributed by atoms with Crippen molar-refractivity contribution >= 4 is 21.9 Å². The van der Waals surface area contributed by atoms with Crippen molar-refractivity contribution in [2.75, 3.05) is 5.73 Å². The Morgan fingerprint density at radius 2 is 1.67 bits per heavy atom. The predicted octanol–water partition coefficient (Wildman–Crippen LogP) is 4.65. The molecule has 0 aliphatic carbocycles. The van der Waals surface area contributed by atoms with Gasteiger partial charge in [0.2, 0.25) is 5.95 Å². The normalized spacial score (nSPS) is 12.6. The smallest absolute Gasteiger partial charge is 0.368 e. The van der Waals surface area contributed by atoms with Crippen LogP contribution in [0.15, 0.2) is 53.6 Å². The van der Waals surface area contributed by atoms with Gasteiger partial charge < -0.3 is 10.6 Å². The lowest BCUT2D eigenvalue weighted by Gasteiger charge is -2.32. The number of aryl methyl sites for hydroxylation is 1. The van der Waals surface area contributed by atoms with Crippen molar-refractivity contribution in [3.63, 3.8) is 0 Å². The molecule has 192 valence electrons. The van der Waals surface area contributed by atoms with Gasteiger partial charge in [0.05, 0.1) is 16.1 Å². The number of hydrogen-bond acceptors (Lipinski definition) is 7. The molecule has 1 heterocycles. The minimum absolute atomic E-state index is 0.00550. The third kappa shape index (κ3) is 5.46. The number of alkyl halides is 3. The van der Waals surface area contributed by atoms with Crippen LogP contribution in [0.2, 0.25) is 0 Å². The fourth-order valence-electron chi connectivity index (χ4n) is 3.34. The number of halogens is 4. The van der Waals surface area contributed by atoms with Crippen molar-refractivity contribution in [3.05, 3.63) is 60.2 Å². The summed E-state index contributed by atoms with van der Waals surface area (Å²) < 4.78 is 80.6. The van der Waals surface area contributed by atoms with Crippen LogP contribution in [0.4, 0.5) is 23.5 Å². The van der Waals surface area contributed by atoms with Gasteiger partial charge in [0.25, 0.3) is 10.0 Å². The molecule has 3 rings (SSSR count).